The maximum Gasteiger partial charge on any atom is 0.433 e. The Balaban J connectivity index is 2.01. The second kappa shape index (κ2) is 8.02. The van der Waals surface area contributed by atoms with Crippen LogP contribution in [0.1, 0.15) is 16.8 Å². The SMILES string of the molecule is Cc1c(NCc2ccc(F)cc2)nc(-c2ccc(S(C)(=O)=O)cc2)nc1C(F)(F)F. The molecule has 0 saturated heterocycles. The van der Waals surface area contributed by atoms with Gasteiger partial charge in [0.1, 0.15) is 11.6 Å². The first kappa shape index (κ1) is 21.7. The molecule has 2 aromatic carbocycles. The number of nitrogens with one attached hydrogen (secondary N) is 1. The average Bonchev–Trinajstić information content (AvgIpc) is 2.67. The third-order valence-corrected chi connectivity index (χ3v) is 5.46. The fraction of sp³-hybridized carbons (Fsp3) is 0.200. The fourth-order valence-corrected chi connectivity index (χ4v) is 3.36. The lowest BCUT2D eigenvalue weighted by Crippen LogP contribution is -2.15. The molecule has 0 unspecified atom stereocenters. The lowest BCUT2D eigenvalue weighted by Gasteiger charge is -2.16. The van der Waals surface area contributed by atoms with Crippen LogP contribution in [0.25, 0.3) is 11.4 Å². The third-order valence-electron chi connectivity index (χ3n) is 4.33. The Morgan fingerprint density at radius 1 is 0.967 bits per heavy atom. The number of hydrogen-bond acceptors (Lipinski definition) is 5. The van der Waals surface area contributed by atoms with Gasteiger partial charge in [-0.05, 0) is 48.9 Å². The maximum absolute atomic E-state index is 13.5. The van der Waals surface area contributed by atoms with E-state index in [1.165, 1.54) is 55.5 Å². The van der Waals surface area contributed by atoms with Crippen LogP contribution < -0.4 is 5.32 Å². The molecule has 5 nitrogen and oxygen atoms in total. The molecule has 0 atom stereocenters. The van der Waals surface area contributed by atoms with Crippen molar-refractivity contribution >= 4 is 15.7 Å². The van der Waals surface area contributed by atoms with Crippen molar-refractivity contribution in [3.63, 3.8) is 0 Å². The minimum Gasteiger partial charge on any atom is -0.366 e. The predicted octanol–water partition coefficient (Wildman–Crippen LogP) is 4.63. The molecule has 3 rings (SSSR count). The predicted molar refractivity (Wildman–Crippen MR) is 104 cm³/mol. The van der Waals surface area contributed by atoms with E-state index in [4.69, 9.17) is 0 Å². The van der Waals surface area contributed by atoms with Crippen molar-refractivity contribution in [3.05, 3.63) is 71.2 Å². The molecule has 0 aliphatic rings. The number of rotatable bonds is 5. The lowest BCUT2D eigenvalue weighted by molar-refractivity contribution is -0.141. The molecule has 1 heterocycles. The molecule has 1 aromatic heterocycles. The van der Waals surface area contributed by atoms with Crippen LogP contribution in [0, 0.1) is 12.7 Å². The minimum absolute atomic E-state index is 0.0242. The number of halogens is 4. The second-order valence-electron chi connectivity index (χ2n) is 6.64. The lowest BCUT2D eigenvalue weighted by atomic mass is 10.1. The van der Waals surface area contributed by atoms with Gasteiger partial charge < -0.3 is 5.32 Å². The van der Waals surface area contributed by atoms with Gasteiger partial charge in [0, 0.05) is 23.9 Å². The van der Waals surface area contributed by atoms with Crippen molar-refractivity contribution in [2.75, 3.05) is 11.6 Å². The van der Waals surface area contributed by atoms with Crippen molar-refractivity contribution in [1.82, 2.24) is 9.97 Å². The summed E-state index contributed by atoms with van der Waals surface area (Å²) >= 11 is 0. The molecular formula is C20H17F4N3O2S. The van der Waals surface area contributed by atoms with Crippen molar-refractivity contribution in [3.8, 4) is 11.4 Å². The second-order valence-corrected chi connectivity index (χ2v) is 8.66. The van der Waals surface area contributed by atoms with Gasteiger partial charge >= 0.3 is 6.18 Å². The summed E-state index contributed by atoms with van der Waals surface area (Å²) < 4.78 is 76.8. The van der Waals surface area contributed by atoms with Gasteiger partial charge in [-0.15, -0.1) is 0 Å². The number of anilines is 1. The van der Waals surface area contributed by atoms with E-state index in [0.717, 1.165) is 6.26 Å². The van der Waals surface area contributed by atoms with Crippen LogP contribution in [0.5, 0.6) is 0 Å². The third kappa shape index (κ3) is 4.93. The van der Waals surface area contributed by atoms with Crippen LogP contribution in [-0.4, -0.2) is 24.6 Å². The summed E-state index contributed by atoms with van der Waals surface area (Å²) in [5, 5.41) is 2.84. The number of hydrogen-bond donors (Lipinski definition) is 1. The number of aromatic nitrogens is 2. The summed E-state index contributed by atoms with van der Waals surface area (Å²) in [4.78, 5) is 7.88. The summed E-state index contributed by atoms with van der Waals surface area (Å²) in [7, 11) is -3.45. The molecule has 0 bridgehead atoms. The summed E-state index contributed by atoms with van der Waals surface area (Å²) in [6.45, 7) is 1.38. The van der Waals surface area contributed by atoms with Gasteiger partial charge in [0.25, 0.3) is 0 Å². The van der Waals surface area contributed by atoms with E-state index >= 15 is 0 Å². The number of sulfone groups is 1. The van der Waals surface area contributed by atoms with Gasteiger partial charge in [-0.1, -0.05) is 12.1 Å². The first-order valence-electron chi connectivity index (χ1n) is 8.70. The topological polar surface area (TPSA) is 72.0 Å². The number of alkyl halides is 3. The average molecular weight is 439 g/mol. The zero-order valence-corrected chi connectivity index (χ0v) is 16.8. The first-order chi connectivity index (χ1) is 13.9. The quantitative estimate of drug-likeness (QED) is 0.587. The molecule has 3 aromatic rings. The molecule has 0 amide bonds. The molecule has 158 valence electrons. The Hall–Kier alpha value is -3.01. The van der Waals surface area contributed by atoms with Gasteiger partial charge in [-0.25, -0.2) is 22.8 Å². The normalized spacial score (nSPS) is 12.1. The highest BCUT2D eigenvalue weighted by Crippen LogP contribution is 2.34. The number of benzene rings is 2. The Bertz CT molecular complexity index is 1160. The summed E-state index contributed by atoms with van der Waals surface area (Å²) in [6.07, 6.45) is -3.68. The first-order valence-corrected chi connectivity index (χ1v) is 10.6. The van der Waals surface area contributed by atoms with Crippen LogP contribution in [0.3, 0.4) is 0 Å². The maximum atomic E-state index is 13.5. The van der Waals surface area contributed by atoms with Gasteiger partial charge in [0.2, 0.25) is 0 Å². The molecule has 10 heteroatoms. The van der Waals surface area contributed by atoms with Crippen molar-refractivity contribution in [2.45, 2.75) is 24.5 Å². The zero-order chi connectivity index (χ0) is 22.1. The highest BCUT2D eigenvalue weighted by Gasteiger charge is 2.36. The Morgan fingerprint density at radius 3 is 2.10 bits per heavy atom. The van der Waals surface area contributed by atoms with E-state index in [-0.39, 0.29) is 34.2 Å². The Morgan fingerprint density at radius 2 is 1.57 bits per heavy atom. The monoisotopic (exact) mass is 439 g/mol. The van der Waals surface area contributed by atoms with E-state index in [2.05, 4.69) is 15.3 Å². The number of nitrogens with zero attached hydrogens (tertiary/aromatic N) is 2. The molecule has 1 N–H and O–H groups in total. The molecule has 30 heavy (non-hydrogen) atoms. The van der Waals surface area contributed by atoms with Gasteiger partial charge in [-0.3, -0.25) is 0 Å². The van der Waals surface area contributed by atoms with Crippen LogP contribution in [0.4, 0.5) is 23.4 Å². The van der Waals surface area contributed by atoms with Crippen molar-refractivity contribution < 1.29 is 26.0 Å². The van der Waals surface area contributed by atoms with E-state index < -0.39 is 27.5 Å². The van der Waals surface area contributed by atoms with Crippen molar-refractivity contribution in [1.29, 1.82) is 0 Å². The highest BCUT2D eigenvalue weighted by atomic mass is 32.2. The standard InChI is InChI=1S/C20H17F4N3O2S/c1-12-17(20(22,23)24)26-19(14-5-9-16(10-6-14)30(2,28)29)27-18(12)25-11-13-3-7-15(21)8-4-13/h3-10H,11H2,1-2H3,(H,25,26,27). The molecular weight excluding hydrogens is 422 g/mol. The summed E-state index contributed by atoms with van der Waals surface area (Å²) in [5.74, 6) is -0.644. The summed E-state index contributed by atoms with van der Waals surface area (Å²) in [5.41, 5.74) is -0.387. The molecule has 0 aliphatic heterocycles. The smallest absolute Gasteiger partial charge is 0.366 e. The molecule has 0 aliphatic carbocycles. The van der Waals surface area contributed by atoms with E-state index in [0.29, 0.717) is 5.56 Å². The molecule has 0 fully saturated rings. The fourth-order valence-electron chi connectivity index (χ4n) is 2.73. The largest absolute Gasteiger partial charge is 0.433 e. The highest BCUT2D eigenvalue weighted by molar-refractivity contribution is 7.90. The van der Waals surface area contributed by atoms with Gasteiger partial charge in [-0.2, -0.15) is 13.2 Å². The minimum atomic E-state index is -4.71. The van der Waals surface area contributed by atoms with Gasteiger partial charge in [0.15, 0.2) is 21.4 Å². The van der Waals surface area contributed by atoms with E-state index in [1.54, 1.807) is 0 Å². The van der Waals surface area contributed by atoms with Crippen LogP contribution in [-0.2, 0) is 22.6 Å². The van der Waals surface area contributed by atoms with Crippen LogP contribution in [0.15, 0.2) is 53.4 Å². The van der Waals surface area contributed by atoms with Crippen molar-refractivity contribution in [2.24, 2.45) is 0 Å². The van der Waals surface area contributed by atoms with Crippen LogP contribution in [0.2, 0.25) is 0 Å². The zero-order valence-electron chi connectivity index (χ0n) is 16.0. The Labute approximate surface area is 170 Å². The molecule has 0 radical (unpaired) electrons. The van der Waals surface area contributed by atoms with Gasteiger partial charge in [0.05, 0.1) is 4.90 Å². The Kier molecular flexibility index (Phi) is 5.80. The summed E-state index contributed by atoms with van der Waals surface area (Å²) in [6, 6.07) is 10.8. The van der Waals surface area contributed by atoms with Crippen LogP contribution >= 0.6 is 0 Å². The van der Waals surface area contributed by atoms with E-state index in [1.807, 2.05) is 0 Å². The molecule has 0 saturated carbocycles. The van der Waals surface area contributed by atoms with E-state index in [9.17, 15) is 26.0 Å². The molecule has 0 spiro atoms.